The van der Waals surface area contributed by atoms with E-state index in [0.29, 0.717) is 5.75 Å². The van der Waals surface area contributed by atoms with Crippen molar-refractivity contribution in [1.82, 2.24) is 5.43 Å². The number of amides is 1. The zero-order valence-corrected chi connectivity index (χ0v) is 14.3. The molecule has 124 valence electrons. The first kappa shape index (κ1) is 17.7. The van der Waals surface area contributed by atoms with Gasteiger partial charge in [-0.2, -0.15) is 5.10 Å². The van der Waals surface area contributed by atoms with Gasteiger partial charge in [0, 0.05) is 15.2 Å². The number of hydrogen-bond acceptors (Lipinski definition) is 6. The number of carbonyl (C=O) groups excluding carboxylic acids is 1. The third-order valence-corrected chi connectivity index (χ3v) is 3.54. The molecule has 0 saturated carbocycles. The average molecular weight is 441 g/mol. The number of hydrazone groups is 1. The van der Waals surface area contributed by atoms with Crippen LogP contribution in [0.3, 0.4) is 0 Å². The molecule has 8 nitrogen and oxygen atoms in total. The highest BCUT2D eigenvalue weighted by Gasteiger charge is 2.15. The summed E-state index contributed by atoms with van der Waals surface area (Å²) in [7, 11) is 0. The molecule has 0 spiro atoms. The van der Waals surface area contributed by atoms with Crippen LogP contribution in [0.25, 0.3) is 0 Å². The van der Waals surface area contributed by atoms with Crippen molar-refractivity contribution in [1.29, 1.82) is 0 Å². The van der Waals surface area contributed by atoms with Crippen molar-refractivity contribution in [2.75, 3.05) is 6.61 Å². The number of phenols is 1. The molecule has 2 aromatic rings. The second-order valence-electron chi connectivity index (χ2n) is 4.51. The fraction of sp³-hybridized carbons (Fsp3) is 0.0667. The molecule has 24 heavy (non-hydrogen) atoms. The molecular formula is C15H12IN3O5. The molecule has 2 aromatic carbocycles. The Morgan fingerprint density at radius 3 is 2.71 bits per heavy atom. The second kappa shape index (κ2) is 8.24. The van der Waals surface area contributed by atoms with E-state index in [1.165, 1.54) is 18.2 Å². The summed E-state index contributed by atoms with van der Waals surface area (Å²) in [4.78, 5) is 21.6. The summed E-state index contributed by atoms with van der Waals surface area (Å²) in [6.45, 7) is -0.237. The van der Waals surface area contributed by atoms with Gasteiger partial charge in [-0.05, 0) is 52.9 Å². The van der Waals surface area contributed by atoms with E-state index in [2.05, 4.69) is 33.1 Å². The number of para-hydroxylation sites is 1. The van der Waals surface area contributed by atoms with Crippen molar-refractivity contribution >= 4 is 40.4 Å². The lowest BCUT2D eigenvalue weighted by Crippen LogP contribution is -2.24. The van der Waals surface area contributed by atoms with Gasteiger partial charge in [-0.15, -0.1) is 0 Å². The van der Waals surface area contributed by atoms with Crippen molar-refractivity contribution in [2.24, 2.45) is 5.10 Å². The Morgan fingerprint density at radius 2 is 2.04 bits per heavy atom. The van der Waals surface area contributed by atoms with Gasteiger partial charge in [-0.25, -0.2) is 5.43 Å². The van der Waals surface area contributed by atoms with Crippen LogP contribution in [0.2, 0.25) is 0 Å². The maximum Gasteiger partial charge on any atom is 0.311 e. The molecule has 1 amide bonds. The Balaban J connectivity index is 1.89. The lowest BCUT2D eigenvalue weighted by atomic mass is 10.2. The summed E-state index contributed by atoms with van der Waals surface area (Å²) in [5, 5.41) is 24.1. The highest BCUT2D eigenvalue weighted by atomic mass is 127. The summed E-state index contributed by atoms with van der Waals surface area (Å²) in [6.07, 6.45) is 1.12. The lowest BCUT2D eigenvalue weighted by Gasteiger charge is -2.05. The molecule has 0 aliphatic carbocycles. The summed E-state index contributed by atoms with van der Waals surface area (Å²) in [5.74, 6) is -0.476. The van der Waals surface area contributed by atoms with E-state index in [1.807, 2.05) is 12.1 Å². The number of nitrogens with one attached hydrogen (secondary N) is 1. The van der Waals surface area contributed by atoms with Gasteiger partial charge in [-0.1, -0.05) is 6.07 Å². The number of ether oxygens (including phenoxy) is 1. The van der Waals surface area contributed by atoms with Crippen molar-refractivity contribution in [2.45, 2.75) is 0 Å². The minimum absolute atomic E-state index is 0.114. The van der Waals surface area contributed by atoms with E-state index in [9.17, 15) is 20.0 Å². The molecule has 0 aliphatic heterocycles. The van der Waals surface area contributed by atoms with E-state index in [1.54, 1.807) is 12.1 Å². The monoisotopic (exact) mass is 441 g/mol. The molecular weight excluding hydrogens is 429 g/mol. The molecule has 0 saturated heterocycles. The molecule has 0 bridgehead atoms. The fourth-order valence-electron chi connectivity index (χ4n) is 1.69. The standard InChI is InChI=1S/C15H12IN3O5/c16-11-4-6-12(7-5-11)24-9-14(20)18-17-8-10-2-1-3-13(15(10)21)19(22)23/h1-8,21H,9H2,(H,18,20)/b17-8-. The van der Waals surface area contributed by atoms with Gasteiger partial charge < -0.3 is 9.84 Å². The summed E-state index contributed by atoms with van der Waals surface area (Å²) < 4.78 is 6.32. The molecule has 0 unspecified atom stereocenters. The highest BCUT2D eigenvalue weighted by molar-refractivity contribution is 14.1. The quantitative estimate of drug-likeness (QED) is 0.310. The van der Waals surface area contributed by atoms with E-state index >= 15 is 0 Å². The molecule has 0 heterocycles. The van der Waals surface area contributed by atoms with Gasteiger partial charge >= 0.3 is 5.69 Å². The molecule has 9 heteroatoms. The normalized spacial score (nSPS) is 10.5. The Labute approximate surface area is 150 Å². The van der Waals surface area contributed by atoms with E-state index < -0.39 is 22.3 Å². The fourth-order valence-corrected chi connectivity index (χ4v) is 2.05. The number of nitro groups is 1. The van der Waals surface area contributed by atoms with Crippen molar-refractivity contribution in [3.8, 4) is 11.5 Å². The Bertz CT molecular complexity index is 777. The van der Waals surface area contributed by atoms with Gasteiger partial charge in [0.15, 0.2) is 6.61 Å². The predicted molar refractivity (Wildman–Crippen MR) is 95.2 cm³/mol. The molecule has 0 fully saturated rings. The first-order valence-electron chi connectivity index (χ1n) is 6.64. The minimum atomic E-state index is -0.708. The summed E-state index contributed by atoms with van der Waals surface area (Å²) in [6, 6.07) is 11.2. The van der Waals surface area contributed by atoms with E-state index in [4.69, 9.17) is 4.74 Å². The van der Waals surface area contributed by atoms with Gasteiger partial charge in [0.1, 0.15) is 5.75 Å². The summed E-state index contributed by atoms with van der Waals surface area (Å²) in [5.41, 5.74) is 1.89. The average Bonchev–Trinajstić information content (AvgIpc) is 2.55. The van der Waals surface area contributed by atoms with Crippen LogP contribution in [0, 0.1) is 13.7 Å². The largest absolute Gasteiger partial charge is 0.502 e. The molecule has 2 rings (SSSR count). The SMILES string of the molecule is O=C(COc1ccc(I)cc1)N/N=C\c1cccc([N+](=O)[O-])c1O. The van der Waals surface area contributed by atoms with Gasteiger partial charge in [0.25, 0.3) is 5.91 Å². The first-order chi connectivity index (χ1) is 11.5. The molecule has 0 atom stereocenters. The third kappa shape index (κ3) is 4.91. The number of hydrogen-bond donors (Lipinski definition) is 2. The summed E-state index contributed by atoms with van der Waals surface area (Å²) >= 11 is 2.15. The van der Waals surface area contributed by atoms with Gasteiger partial charge in [0.05, 0.1) is 11.1 Å². The second-order valence-corrected chi connectivity index (χ2v) is 5.75. The number of nitrogens with zero attached hydrogens (tertiary/aromatic N) is 2. The number of aromatic hydroxyl groups is 1. The zero-order valence-electron chi connectivity index (χ0n) is 12.2. The Hall–Kier alpha value is -2.69. The van der Waals surface area contributed by atoms with E-state index in [-0.39, 0.29) is 12.2 Å². The van der Waals surface area contributed by atoms with Gasteiger partial charge in [-0.3, -0.25) is 14.9 Å². The van der Waals surface area contributed by atoms with Crippen LogP contribution in [0.5, 0.6) is 11.5 Å². The van der Waals surface area contributed by atoms with Crippen molar-refractivity contribution in [3.63, 3.8) is 0 Å². The van der Waals surface area contributed by atoms with Crippen LogP contribution in [-0.4, -0.2) is 28.8 Å². The maximum absolute atomic E-state index is 11.6. The first-order valence-corrected chi connectivity index (χ1v) is 7.72. The highest BCUT2D eigenvalue weighted by Crippen LogP contribution is 2.27. The predicted octanol–water partition coefficient (Wildman–Crippen LogP) is 2.43. The van der Waals surface area contributed by atoms with Crippen LogP contribution >= 0.6 is 22.6 Å². The van der Waals surface area contributed by atoms with Crippen LogP contribution < -0.4 is 10.2 Å². The van der Waals surface area contributed by atoms with Crippen LogP contribution in [0.15, 0.2) is 47.6 Å². The molecule has 0 radical (unpaired) electrons. The van der Waals surface area contributed by atoms with Crippen molar-refractivity contribution < 1.29 is 19.6 Å². The lowest BCUT2D eigenvalue weighted by molar-refractivity contribution is -0.385. The maximum atomic E-state index is 11.6. The Morgan fingerprint density at radius 1 is 1.33 bits per heavy atom. The van der Waals surface area contributed by atoms with Crippen LogP contribution in [-0.2, 0) is 4.79 Å². The number of rotatable bonds is 6. The number of carbonyl (C=O) groups is 1. The third-order valence-electron chi connectivity index (χ3n) is 2.82. The topological polar surface area (TPSA) is 114 Å². The Kier molecular flexibility index (Phi) is 6.07. The number of benzene rings is 2. The number of phenolic OH excluding ortho intramolecular Hbond substituents is 1. The number of halogens is 1. The van der Waals surface area contributed by atoms with Crippen LogP contribution in [0.4, 0.5) is 5.69 Å². The number of nitro benzene ring substituents is 1. The van der Waals surface area contributed by atoms with E-state index in [0.717, 1.165) is 9.78 Å². The van der Waals surface area contributed by atoms with Crippen LogP contribution in [0.1, 0.15) is 5.56 Å². The molecule has 0 aromatic heterocycles. The van der Waals surface area contributed by atoms with Gasteiger partial charge in [0.2, 0.25) is 5.75 Å². The zero-order chi connectivity index (χ0) is 17.5. The minimum Gasteiger partial charge on any atom is -0.502 e. The molecule has 0 aliphatic rings. The smallest absolute Gasteiger partial charge is 0.311 e. The molecule has 2 N–H and O–H groups in total. The van der Waals surface area contributed by atoms with Crippen molar-refractivity contribution in [3.05, 3.63) is 61.7 Å².